The lowest BCUT2D eigenvalue weighted by Gasteiger charge is -2.36. The average Bonchev–Trinajstić information content (AvgIpc) is 4.09. The van der Waals surface area contributed by atoms with Crippen molar-refractivity contribution in [3.8, 4) is 11.1 Å². The highest BCUT2D eigenvalue weighted by Crippen LogP contribution is 2.61. The van der Waals surface area contributed by atoms with Gasteiger partial charge < -0.3 is 18.9 Å². The molecule has 0 saturated carbocycles. The van der Waals surface area contributed by atoms with Crippen LogP contribution in [-0.2, 0) is 18.5 Å². The predicted molar refractivity (Wildman–Crippen MR) is 308 cm³/mol. The molecule has 11 aromatic carbocycles. The van der Waals surface area contributed by atoms with Crippen molar-refractivity contribution >= 4 is 88.5 Å². The van der Waals surface area contributed by atoms with Gasteiger partial charge in [-0.05, 0) is 119 Å². The van der Waals surface area contributed by atoms with Crippen molar-refractivity contribution < 1.29 is 0 Å². The third-order valence-electron chi connectivity index (χ3n) is 15.7. The van der Waals surface area contributed by atoms with E-state index >= 15 is 0 Å². The summed E-state index contributed by atoms with van der Waals surface area (Å²) in [6.07, 6.45) is 0. The zero-order valence-corrected chi connectivity index (χ0v) is 41.0. The molecule has 1 aliphatic rings. The van der Waals surface area contributed by atoms with Crippen molar-refractivity contribution in [1.82, 2.24) is 9.13 Å². The third kappa shape index (κ3) is 6.26. The van der Waals surface area contributed by atoms with Crippen LogP contribution in [0.25, 0.3) is 65.5 Å². The van der Waals surface area contributed by atoms with Crippen molar-refractivity contribution in [3.05, 3.63) is 277 Å². The van der Waals surface area contributed by atoms with Gasteiger partial charge in [-0.3, -0.25) is 0 Å². The molecule has 0 aliphatic heterocycles. The van der Waals surface area contributed by atoms with Gasteiger partial charge in [0.25, 0.3) is 0 Å². The second-order valence-electron chi connectivity index (χ2n) is 19.3. The quantitative estimate of drug-likeness (QED) is 0.136. The monoisotopic (exact) mass is 936 g/mol. The Morgan fingerprint density at radius 2 is 0.767 bits per heavy atom. The van der Waals surface area contributed by atoms with Crippen LogP contribution in [0.3, 0.4) is 0 Å². The van der Waals surface area contributed by atoms with Gasteiger partial charge in [-0.1, -0.05) is 188 Å². The van der Waals surface area contributed by atoms with Gasteiger partial charge in [0.05, 0.1) is 33.5 Å². The number of benzene rings is 11. The van der Waals surface area contributed by atoms with E-state index in [0.717, 1.165) is 47.2 Å². The van der Waals surface area contributed by atoms with Crippen molar-refractivity contribution in [2.75, 3.05) is 9.80 Å². The normalized spacial score (nSPS) is 12.7. The summed E-state index contributed by atoms with van der Waals surface area (Å²) < 4.78 is 4.99. The molecule has 0 fully saturated rings. The standard InChI is InChI=1S/C69H52N4/c1-3-70-61-39-21-19-34-53(61)56-37-23-41-63(67(56)70)72(49-29-13-7-14-30-49)51-43-44-58-59(45-51)69(47-25-9-5-10-26-47,48-27-11-6-12-28-48)60-46-65(52-33-17-18-36-55(52)66(58)60)73(50-31-15-8-16-32-50)64-42-24-38-57-54-35-20-22-40-62(54)71(4-2)68(57)64/h5-46H,3-4H2,1-2H3. The van der Waals surface area contributed by atoms with E-state index in [1.165, 1.54) is 87.8 Å². The van der Waals surface area contributed by atoms with Crippen LogP contribution in [0.1, 0.15) is 36.1 Å². The van der Waals surface area contributed by atoms with Crippen LogP contribution in [0.4, 0.5) is 34.1 Å². The number of aromatic nitrogens is 2. The smallest absolute Gasteiger partial charge is 0.0736 e. The minimum absolute atomic E-state index is 0.721. The summed E-state index contributed by atoms with van der Waals surface area (Å²) >= 11 is 0. The molecule has 0 amide bonds. The summed E-state index contributed by atoms with van der Waals surface area (Å²) in [6, 6.07) is 94.8. The summed E-state index contributed by atoms with van der Waals surface area (Å²) in [5.41, 5.74) is 18.4. The fourth-order valence-electron chi connectivity index (χ4n) is 12.8. The Kier molecular flexibility index (Phi) is 9.97. The lowest BCUT2D eigenvalue weighted by molar-refractivity contribution is 0.769. The molecule has 2 heterocycles. The van der Waals surface area contributed by atoms with E-state index in [0.29, 0.717) is 0 Å². The molecular weight excluding hydrogens is 885 g/mol. The van der Waals surface area contributed by atoms with Crippen molar-refractivity contribution in [2.45, 2.75) is 32.4 Å². The summed E-state index contributed by atoms with van der Waals surface area (Å²) in [5.74, 6) is 0. The van der Waals surface area contributed by atoms with E-state index in [1.54, 1.807) is 0 Å². The van der Waals surface area contributed by atoms with Crippen molar-refractivity contribution in [2.24, 2.45) is 0 Å². The fourth-order valence-corrected chi connectivity index (χ4v) is 12.8. The molecule has 2 aromatic heterocycles. The molecule has 0 atom stereocenters. The number of para-hydroxylation sites is 6. The number of fused-ring (bicyclic) bond motifs is 11. The Morgan fingerprint density at radius 3 is 1.30 bits per heavy atom. The first-order valence-electron chi connectivity index (χ1n) is 25.7. The first-order chi connectivity index (χ1) is 36.2. The number of nitrogens with zero attached hydrogens (tertiary/aromatic N) is 4. The zero-order chi connectivity index (χ0) is 48.6. The highest BCUT2D eigenvalue weighted by Gasteiger charge is 2.48. The number of anilines is 6. The molecule has 348 valence electrons. The average molecular weight is 937 g/mol. The Bertz CT molecular complexity index is 4190. The molecule has 0 bridgehead atoms. The van der Waals surface area contributed by atoms with Crippen LogP contribution in [0.5, 0.6) is 0 Å². The zero-order valence-electron chi connectivity index (χ0n) is 41.0. The third-order valence-corrected chi connectivity index (χ3v) is 15.7. The summed E-state index contributed by atoms with van der Waals surface area (Å²) in [6.45, 7) is 6.21. The molecule has 0 spiro atoms. The molecule has 1 aliphatic carbocycles. The molecule has 73 heavy (non-hydrogen) atoms. The lowest BCUT2D eigenvalue weighted by atomic mass is 9.67. The second-order valence-corrected chi connectivity index (χ2v) is 19.3. The Hall–Kier alpha value is -9.12. The Balaban J connectivity index is 1.10. The Morgan fingerprint density at radius 1 is 0.329 bits per heavy atom. The minimum atomic E-state index is -0.721. The van der Waals surface area contributed by atoms with Gasteiger partial charge in [-0.25, -0.2) is 0 Å². The molecule has 4 heteroatoms. The molecule has 13 aromatic rings. The largest absolute Gasteiger partial charge is 0.339 e. The first kappa shape index (κ1) is 42.7. The van der Waals surface area contributed by atoms with E-state index in [2.05, 4.69) is 288 Å². The van der Waals surface area contributed by atoms with Gasteiger partial charge >= 0.3 is 0 Å². The summed E-state index contributed by atoms with van der Waals surface area (Å²) in [5, 5.41) is 7.46. The van der Waals surface area contributed by atoms with E-state index < -0.39 is 5.41 Å². The molecule has 14 rings (SSSR count). The van der Waals surface area contributed by atoms with Crippen LogP contribution >= 0.6 is 0 Å². The SMILES string of the molecule is CCn1c2ccccc2c2cccc(N(c3ccccc3)c3ccc4c(c3)C(c3ccccc3)(c3ccccc3)c3cc(N(c5ccccc5)c5cccc6c7ccccc7n(CC)c56)c5ccccc5c3-4)c21. The van der Waals surface area contributed by atoms with Crippen LogP contribution in [0.2, 0.25) is 0 Å². The maximum Gasteiger partial charge on any atom is 0.0736 e. The number of rotatable bonds is 10. The van der Waals surface area contributed by atoms with Crippen molar-refractivity contribution in [1.29, 1.82) is 0 Å². The maximum atomic E-state index is 2.55. The fraction of sp³-hybridized carbons (Fsp3) is 0.0725. The maximum absolute atomic E-state index is 2.55. The van der Waals surface area contributed by atoms with Crippen LogP contribution in [-0.4, -0.2) is 9.13 Å². The summed E-state index contributed by atoms with van der Waals surface area (Å²) in [7, 11) is 0. The number of hydrogen-bond acceptors (Lipinski definition) is 2. The predicted octanol–water partition coefficient (Wildman–Crippen LogP) is 18.4. The number of hydrogen-bond donors (Lipinski definition) is 0. The molecule has 0 radical (unpaired) electrons. The Labute approximate surface area is 425 Å². The van der Waals surface area contributed by atoms with Crippen LogP contribution in [0.15, 0.2) is 255 Å². The van der Waals surface area contributed by atoms with Gasteiger partial charge in [0.2, 0.25) is 0 Å². The van der Waals surface area contributed by atoms with E-state index in [9.17, 15) is 0 Å². The van der Waals surface area contributed by atoms with Crippen molar-refractivity contribution in [3.63, 3.8) is 0 Å². The lowest BCUT2D eigenvalue weighted by Crippen LogP contribution is -2.29. The highest BCUT2D eigenvalue weighted by atomic mass is 15.2. The van der Waals surface area contributed by atoms with E-state index in [-0.39, 0.29) is 0 Å². The van der Waals surface area contributed by atoms with E-state index in [1.807, 2.05) is 0 Å². The van der Waals surface area contributed by atoms with Crippen LogP contribution < -0.4 is 9.80 Å². The van der Waals surface area contributed by atoms with Crippen LogP contribution in [0, 0.1) is 0 Å². The summed E-state index contributed by atoms with van der Waals surface area (Å²) in [4.78, 5) is 5.03. The molecular formula is C69H52N4. The molecule has 0 unspecified atom stereocenters. The first-order valence-corrected chi connectivity index (χ1v) is 25.7. The molecule has 0 N–H and O–H groups in total. The molecule has 4 nitrogen and oxygen atoms in total. The highest BCUT2D eigenvalue weighted by molar-refractivity contribution is 6.17. The second kappa shape index (κ2) is 17.0. The van der Waals surface area contributed by atoms with Gasteiger partial charge in [-0.15, -0.1) is 0 Å². The van der Waals surface area contributed by atoms with E-state index in [4.69, 9.17) is 0 Å². The number of aryl methyl sites for hydroxylation is 2. The topological polar surface area (TPSA) is 16.3 Å². The van der Waals surface area contributed by atoms with Gasteiger partial charge in [0.15, 0.2) is 0 Å². The molecule has 0 saturated heterocycles. The minimum Gasteiger partial charge on any atom is -0.339 e. The van der Waals surface area contributed by atoms with Gasteiger partial charge in [-0.2, -0.15) is 0 Å². The van der Waals surface area contributed by atoms with Gasteiger partial charge in [0.1, 0.15) is 0 Å². The van der Waals surface area contributed by atoms with Gasteiger partial charge in [0, 0.05) is 68.1 Å².